The highest BCUT2D eigenvalue weighted by Gasteiger charge is 2.62. The summed E-state index contributed by atoms with van der Waals surface area (Å²) in [4.78, 5) is 32.9. The van der Waals surface area contributed by atoms with Crippen molar-refractivity contribution in [1.82, 2.24) is 9.88 Å². The van der Waals surface area contributed by atoms with Gasteiger partial charge in [0.2, 0.25) is 5.91 Å². The lowest BCUT2D eigenvalue weighted by molar-refractivity contribution is -0.155. The van der Waals surface area contributed by atoms with E-state index < -0.39 is 5.41 Å². The molecule has 3 atom stereocenters. The molecule has 2 aliphatic heterocycles. The second-order valence-electron chi connectivity index (χ2n) is 8.37. The van der Waals surface area contributed by atoms with Crippen molar-refractivity contribution < 1.29 is 14.3 Å². The van der Waals surface area contributed by atoms with E-state index in [1.54, 1.807) is 5.51 Å². The number of benzene rings is 1. The molecule has 5 nitrogen and oxygen atoms in total. The highest BCUT2D eigenvalue weighted by atomic mass is 32.1. The van der Waals surface area contributed by atoms with Crippen LogP contribution in [0, 0.1) is 11.3 Å². The van der Waals surface area contributed by atoms with Crippen molar-refractivity contribution in [2.24, 2.45) is 11.3 Å². The van der Waals surface area contributed by atoms with E-state index in [9.17, 15) is 9.59 Å². The number of carbonyl (C=O) groups is 2. The molecule has 5 rings (SSSR count). The number of amides is 1. The van der Waals surface area contributed by atoms with Gasteiger partial charge in [-0.05, 0) is 43.2 Å². The number of esters is 1. The standard InChI is InChI=1S/C22H24N2O3S/c1-27-21(26)22(10-17-12-28-13-23-17)11-18-6-7-19(22)24(18)20(25)16-8-14-4-2-3-5-15(14)9-16/h2-5,12-13,16,18-19H,6-11H2,1H3/t18-,19+,22+/m1/s1. The van der Waals surface area contributed by atoms with Gasteiger partial charge in [0.1, 0.15) is 0 Å². The molecular formula is C22H24N2O3S. The van der Waals surface area contributed by atoms with Crippen molar-refractivity contribution in [2.75, 3.05) is 7.11 Å². The summed E-state index contributed by atoms with van der Waals surface area (Å²) in [5.41, 5.74) is 4.63. The Morgan fingerprint density at radius 3 is 2.64 bits per heavy atom. The molecule has 2 saturated heterocycles. The molecular weight excluding hydrogens is 372 g/mol. The maximum atomic E-state index is 13.5. The summed E-state index contributed by atoms with van der Waals surface area (Å²) in [6.45, 7) is 0. The SMILES string of the molecule is COC(=O)[C@@]1(Cc2cscn2)C[C@H]2CC[C@@H]1N2C(=O)C1Cc2ccccc2C1. The van der Waals surface area contributed by atoms with E-state index in [1.807, 2.05) is 17.5 Å². The largest absolute Gasteiger partial charge is 0.469 e. The quantitative estimate of drug-likeness (QED) is 0.746. The molecule has 1 aromatic heterocycles. The molecule has 1 amide bonds. The van der Waals surface area contributed by atoms with Crippen LogP contribution in [0.1, 0.15) is 36.1 Å². The number of rotatable bonds is 4. The molecule has 6 heteroatoms. The second-order valence-corrected chi connectivity index (χ2v) is 9.09. The number of ether oxygens (including phenoxy) is 1. The Morgan fingerprint density at radius 1 is 1.25 bits per heavy atom. The van der Waals surface area contributed by atoms with Crippen LogP contribution in [0.3, 0.4) is 0 Å². The molecule has 0 spiro atoms. The molecule has 3 heterocycles. The molecule has 3 aliphatic rings. The van der Waals surface area contributed by atoms with Crippen molar-refractivity contribution in [3.8, 4) is 0 Å². The van der Waals surface area contributed by atoms with Crippen LogP contribution in [-0.4, -0.2) is 41.0 Å². The lowest BCUT2D eigenvalue weighted by Crippen LogP contribution is -2.48. The number of hydrogen-bond donors (Lipinski definition) is 0. The van der Waals surface area contributed by atoms with Gasteiger partial charge in [0.05, 0.1) is 23.7 Å². The van der Waals surface area contributed by atoms with Crippen LogP contribution in [0.15, 0.2) is 35.2 Å². The number of methoxy groups -OCH3 is 1. The monoisotopic (exact) mass is 396 g/mol. The van der Waals surface area contributed by atoms with E-state index in [0.717, 1.165) is 31.4 Å². The number of thiazole rings is 1. The lowest BCUT2D eigenvalue weighted by Gasteiger charge is -2.34. The fourth-order valence-electron chi connectivity index (χ4n) is 5.79. The van der Waals surface area contributed by atoms with E-state index >= 15 is 0 Å². The topological polar surface area (TPSA) is 59.5 Å². The van der Waals surface area contributed by atoms with Crippen LogP contribution in [-0.2, 0) is 33.6 Å². The smallest absolute Gasteiger partial charge is 0.314 e. The number of nitrogens with zero attached hydrogens (tertiary/aromatic N) is 2. The molecule has 2 aromatic rings. The van der Waals surface area contributed by atoms with Crippen LogP contribution in [0.25, 0.3) is 0 Å². The van der Waals surface area contributed by atoms with Gasteiger partial charge in [-0.1, -0.05) is 24.3 Å². The fraction of sp³-hybridized carbons (Fsp3) is 0.500. The first-order valence-electron chi connectivity index (χ1n) is 9.97. The maximum absolute atomic E-state index is 13.5. The fourth-order valence-corrected chi connectivity index (χ4v) is 6.35. The lowest BCUT2D eigenvalue weighted by atomic mass is 9.71. The van der Waals surface area contributed by atoms with Crippen molar-refractivity contribution in [2.45, 2.75) is 50.6 Å². The van der Waals surface area contributed by atoms with E-state index in [4.69, 9.17) is 4.74 Å². The van der Waals surface area contributed by atoms with Crippen molar-refractivity contribution in [1.29, 1.82) is 0 Å². The average Bonchev–Trinajstić information content (AvgIpc) is 3.49. The molecule has 0 radical (unpaired) electrons. The second kappa shape index (κ2) is 6.69. The van der Waals surface area contributed by atoms with E-state index in [0.29, 0.717) is 12.8 Å². The number of aromatic nitrogens is 1. The van der Waals surface area contributed by atoms with Crippen LogP contribution in [0.4, 0.5) is 0 Å². The van der Waals surface area contributed by atoms with E-state index in [1.165, 1.54) is 29.6 Å². The first-order valence-corrected chi connectivity index (χ1v) is 10.9. The zero-order valence-electron chi connectivity index (χ0n) is 16.0. The first-order chi connectivity index (χ1) is 13.6. The molecule has 1 aromatic carbocycles. The Balaban J connectivity index is 1.42. The third kappa shape index (κ3) is 2.61. The maximum Gasteiger partial charge on any atom is 0.314 e. The number of hydrogen-bond acceptors (Lipinski definition) is 5. The minimum atomic E-state index is -0.660. The van der Waals surface area contributed by atoms with Gasteiger partial charge in [-0.25, -0.2) is 4.98 Å². The molecule has 0 unspecified atom stereocenters. The summed E-state index contributed by atoms with van der Waals surface area (Å²) < 4.78 is 5.24. The normalized spacial score (nSPS) is 28.5. The average molecular weight is 397 g/mol. The number of fused-ring (bicyclic) bond motifs is 3. The molecule has 0 N–H and O–H groups in total. The Hall–Kier alpha value is -2.21. The third-order valence-electron chi connectivity index (χ3n) is 6.97. The van der Waals surface area contributed by atoms with Crippen LogP contribution < -0.4 is 0 Å². The Kier molecular flexibility index (Phi) is 4.27. The molecule has 0 saturated carbocycles. The van der Waals surface area contributed by atoms with Gasteiger partial charge in [-0.2, -0.15) is 0 Å². The highest BCUT2D eigenvalue weighted by Crippen LogP contribution is 2.53. The van der Waals surface area contributed by atoms with Crippen LogP contribution >= 0.6 is 11.3 Å². The summed E-state index contributed by atoms with van der Waals surface area (Å²) in [6, 6.07) is 8.40. The summed E-state index contributed by atoms with van der Waals surface area (Å²) in [5, 5.41) is 2.00. The Bertz CT molecular complexity index is 887. The zero-order chi connectivity index (χ0) is 19.3. The Labute approximate surface area is 168 Å². The first kappa shape index (κ1) is 17.9. The summed E-state index contributed by atoms with van der Waals surface area (Å²) >= 11 is 1.54. The van der Waals surface area contributed by atoms with Crippen molar-refractivity contribution in [3.05, 3.63) is 52.0 Å². The summed E-state index contributed by atoms with van der Waals surface area (Å²) in [6.07, 6.45) is 4.71. The van der Waals surface area contributed by atoms with Gasteiger partial charge in [0.25, 0.3) is 0 Å². The van der Waals surface area contributed by atoms with Crippen molar-refractivity contribution >= 4 is 23.2 Å². The summed E-state index contributed by atoms with van der Waals surface area (Å²) in [5.74, 6) is 0.0150. The predicted molar refractivity (Wildman–Crippen MR) is 106 cm³/mol. The molecule has 146 valence electrons. The van der Waals surface area contributed by atoms with Gasteiger partial charge < -0.3 is 9.64 Å². The zero-order valence-corrected chi connectivity index (χ0v) is 16.8. The van der Waals surface area contributed by atoms with Gasteiger partial charge in [0.15, 0.2) is 0 Å². The van der Waals surface area contributed by atoms with Gasteiger partial charge >= 0.3 is 5.97 Å². The van der Waals surface area contributed by atoms with Gasteiger partial charge in [-0.3, -0.25) is 9.59 Å². The summed E-state index contributed by atoms with van der Waals surface area (Å²) in [7, 11) is 1.46. The molecule has 2 fully saturated rings. The van der Waals surface area contributed by atoms with E-state index in [2.05, 4.69) is 22.0 Å². The van der Waals surface area contributed by atoms with Crippen LogP contribution in [0.5, 0.6) is 0 Å². The Morgan fingerprint density at radius 2 is 2.00 bits per heavy atom. The molecule has 1 aliphatic carbocycles. The predicted octanol–water partition coefficient (Wildman–Crippen LogP) is 3.02. The van der Waals surface area contributed by atoms with Crippen LogP contribution in [0.2, 0.25) is 0 Å². The van der Waals surface area contributed by atoms with Crippen molar-refractivity contribution in [3.63, 3.8) is 0 Å². The molecule has 2 bridgehead atoms. The highest BCUT2D eigenvalue weighted by molar-refractivity contribution is 7.07. The van der Waals surface area contributed by atoms with Gasteiger partial charge in [-0.15, -0.1) is 11.3 Å². The third-order valence-corrected chi connectivity index (χ3v) is 7.60. The van der Waals surface area contributed by atoms with Gasteiger partial charge in [0, 0.05) is 29.8 Å². The minimum absolute atomic E-state index is 0.00628. The number of carbonyl (C=O) groups excluding carboxylic acids is 2. The van der Waals surface area contributed by atoms with E-state index in [-0.39, 0.29) is 29.9 Å². The molecule has 28 heavy (non-hydrogen) atoms. The minimum Gasteiger partial charge on any atom is -0.469 e.